The van der Waals surface area contributed by atoms with Crippen LogP contribution in [-0.2, 0) is 9.59 Å². The molecule has 3 aromatic carbocycles. The van der Waals surface area contributed by atoms with E-state index >= 15 is 0 Å². The normalized spacial score (nSPS) is 22.8. The molecule has 1 amide bonds. The number of non-ortho nitro benzene ring substituents is 1. The first-order chi connectivity index (χ1) is 15.0. The summed E-state index contributed by atoms with van der Waals surface area (Å²) in [6.07, 6.45) is 0. The number of aliphatic carboxylic acids is 1. The van der Waals surface area contributed by atoms with Gasteiger partial charge in [0.15, 0.2) is 0 Å². The molecule has 3 aromatic rings. The Bertz CT molecular complexity index is 1190. The van der Waals surface area contributed by atoms with E-state index < -0.39 is 40.5 Å². The number of nitro groups is 1. The lowest BCUT2D eigenvalue weighted by Gasteiger charge is -2.50. The van der Waals surface area contributed by atoms with Crippen LogP contribution in [0.1, 0.15) is 34.1 Å². The first-order valence-electron chi connectivity index (χ1n) is 9.91. The maximum atomic E-state index is 13.4. The van der Waals surface area contributed by atoms with E-state index in [-0.39, 0.29) is 11.4 Å². The predicted octanol–water partition coefficient (Wildman–Crippen LogP) is 2.81. The van der Waals surface area contributed by atoms with Crippen LogP contribution in [0, 0.1) is 22.0 Å². The first-order valence-corrected chi connectivity index (χ1v) is 9.91. The van der Waals surface area contributed by atoms with E-state index in [4.69, 9.17) is 0 Å². The Hall–Kier alpha value is -4.00. The lowest BCUT2D eigenvalue weighted by atomic mass is 9.54. The van der Waals surface area contributed by atoms with Crippen molar-refractivity contribution in [3.05, 3.63) is 105 Å². The molecular weight excluding hydrogens is 396 g/mol. The van der Waals surface area contributed by atoms with Crippen LogP contribution >= 0.6 is 0 Å². The summed E-state index contributed by atoms with van der Waals surface area (Å²) in [7, 11) is 0. The molecule has 1 N–H and O–H groups in total. The molecule has 0 fully saturated rings. The Kier molecular flexibility index (Phi) is 4.32. The molecule has 0 saturated heterocycles. The Morgan fingerprint density at radius 1 is 0.774 bits per heavy atom. The van der Waals surface area contributed by atoms with E-state index in [1.165, 1.54) is 18.2 Å². The van der Waals surface area contributed by atoms with E-state index in [9.17, 15) is 24.8 Å². The minimum absolute atomic E-state index is 0.157. The van der Waals surface area contributed by atoms with Gasteiger partial charge in [-0.25, -0.2) is 0 Å². The van der Waals surface area contributed by atoms with Gasteiger partial charge in [0, 0.05) is 41.5 Å². The molecule has 2 bridgehead atoms. The number of hydrogen-bond acceptors (Lipinski definition) is 5. The number of nitrogens with zero attached hydrogens (tertiary/aromatic N) is 1. The van der Waals surface area contributed by atoms with Crippen LogP contribution < -0.4 is 10.4 Å². The molecule has 0 aromatic heterocycles. The summed E-state index contributed by atoms with van der Waals surface area (Å²) in [5.41, 5.74) is 3.76. The second kappa shape index (κ2) is 7.05. The number of nitro benzene ring substituents is 1. The van der Waals surface area contributed by atoms with Crippen molar-refractivity contribution < 1.29 is 19.6 Å². The first kappa shape index (κ1) is 19.0. The van der Waals surface area contributed by atoms with Crippen molar-refractivity contribution >= 4 is 23.3 Å². The fourth-order valence-electron chi connectivity index (χ4n) is 5.20. The van der Waals surface area contributed by atoms with Gasteiger partial charge in [-0.1, -0.05) is 54.6 Å². The van der Waals surface area contributed by atoms with Gasteiger partial charge >= 0.3 is 0 Å². The van der Waals surface area contributed by atoms with Crippen molar-refractivity contribution in [3.63, 3.8) is 0 Å². The molecule has 7 heteroatoms. The summed E-state index contributed by atoms with van der Waals surface area (Å²) >= 11 is 0. The molecule has 31 heavy (non-hydrogen) atoms. The average molecular weight is 413 g/mol. The topological polar surface area (TPSA) is 112 Å². The second-order valence-electron chi connectivity index (χ2n) is 7.88. The average Bonchev–Trinajstić information content (AvgIpc) is 2.78. The number of rotatable bonds is 4. The van der Waals surface area contributed by atoms with E-state index in [0.717, 1.165) is 22.3 Å². The Labute approximate surface area is 177 Å². The van der Waals surface area contributed by atoms with Crippen LogP contribution in [0.3, 0.4) is 0 Å². The Morgan fingerprint density at radius 3 is 1.77 bits per heavy atom. The van der Waals surface area contributed by atoms with Gasteiger partial charge in [-0.3, -0.25) is 14.9 Å². The molecule has 0 saturated carbocycles. The molecule has 0 radical (unpaired) electrons. The van der Waals surface area contributed by atoms with Crippen LogP contribution in [0.4, 0.5) is 11.4 Å². The van der Waals surface area contributed by atoms with E-state index in [1.807, 2.05) is 48.5 Å². The van der Waals surface area contributed by atoms with Crippen LogP contribution in [0.15, 0.2) is 72.8 Å². The zero-order valence-corrected chi connectivity index (χ0v) is 16.2. The number of carbonyl (C=O) groups is 2. The van der Waals surface area contributed by atoms with Crippen LogP contribution in [0.5, 0.6) is 0 Å². The third-order valence-electron chi connectivity index (χ3n) is 6.34. The van der Waals surface area contributed by atoms with Crippen molar-refractivity contribution in [1.29, 1.82) is 0 Å². The van der Waals surface area contributed by atoms with E-state index in [1.54, 1.807) is 6.07 Å². The van der Waals surface area contributed by atoms with Gasteiger partial charge in [-0.2, -0.15) is 0 Å². The van der Waals surface area contributed by atoms with Crippen molar-refractivity contribution in [2.24, 2.45) is 11.8 Å². The summed E-state index contributed by atoms with van der Waals surface area (Å²) in [6, 6.07) is 20.8. The Morgan fingerprint density at radius 2 is 1.29 bits per heavy atom. The minimum atomic E-state index is -1.28. The molecule has 154 valence electrons. The SMILES string of the molecule is O=C([O-])[C@@H]1C2c3ccccc3C(c3ccccc32)[C@H]1C(=O)Nc1cccc([N+](=O)[O-])c1. The standard InChI is InChI=1S/C24H18N2O5/c27-23(25-13-6-5-7-14(12-13)26(30)31)21-19-15-8-1-3-10-17(15)20(22(21)24(28)29)18-11-4-2-9-16(18)19/h1-12,19-22H,(H,25,27)(H,28,29)/p-1/t19?,20?,21-,22-/m1/s1. The summed E-state index contributed by atoms with van der Waals surface area (Å²) in [5, 5.41) is 26.1. The highest BCUT2D eigenvalue weighted by Crippen LogP contribution is 2.58. The lowest BCUT2D eigenvalue weighted by molar-refractivity contribution is -0.384. The van der Waals surface area contributed by atoms with E-state index in [2.05, 4.69) is 5.32 Å². The number of carboxylic acids is 1. The summed E-state index contributed by atoms with van der Waals surface area (Å²) in [4.78, 5) is 36.2. The van der Waals surface area contributed by atoms with Crippen molar-refractivity contribution in [2.75, 3.05) is 5.32 Å². The fraction of sp³-hybridized carbons (Fsp3) is 0.167. The van der Waals surface area contributed by atoms with Gasteiger partial charge < -0.3 is 15.2 Å². The molecule has 3 aliphatic carbocycles. The zero-order chi connectivity index (χ0) is 21.7. The zero-order valence-electron chi connectivity index (χ0n) is 16.2. The Balaban J connectivity index is 1.61. The summed E-state index contributed by atoms with van der Waals surface area (Å²) < 4.78 is 0. The maximum Gasteiger partial charge on any atom is 0.271 e. The van der Waals surface area contributed by atoms with Gasteiger partial charge in [0.25, 0.3) is 5.69 Å². The largest absolute Gasteiger partial charge is 0.550 e. The maximum absolute atomic E-state index is 13.4. The summed E-state index contributed by atoms with van der Waals surface area (Å²) in [5.74, 6) is -4.67. The molecule has 7 nitrogen and oxygen atoms in total. The number of anilines is 1. The molecule has 0 aliphatic heterocycles. The molecule has 6 rings (SSSR count). The molecule has 0 heterocycles. The number of hydrogen-bond donors (Lipinski definition) is 1. The highest BCUT2D eigenvalue weighted by molar-refractivity contribution is 5.98. The number of carboxylic acid groups (broad SMARTS) is 1. The van der Waals surface area contributed by atoms with Gasteiger partial charge in [0.05, 0.1) is 10.8 Å². The summed E-state index contributed by atoms with van der Waals surface area (Å²) in [6.45, 7) is 0. The highest BCUT2D eigenvalue weighted by Gasteiger charge is 2.52. The van der Waals surface area contributed by atoms with E-state index in [0.29, 0.717) is 0 Å². The fourth-order valence-corrected chi connectivity index (χ4v) is 5.20. The number of nitrogens with one attached hydrogen (secondary N) is 1. The van der Waals surface area contributed by atoms with Crippen LogP contribution in [-0.4, -0.2) is 16.8 Å². The molecule has 0 unspecified atom stereocenters. The molecule has 0 spiro atoms. The van der Waals surface area contributed by atoms with Crippen LogP contribution in [0.25, 0.3) is 0 Å². The third kappa shape index (κ3) is 2.89. The van der Waals surface area contributed by atoms with Crippen molar-refractivity contribution in [2.45, 2.75) is 11.8 Å². The van der Waals surface area contributed by atoms with Gasteiger partial charge in [-0.15, -0.1) is 0 Å². The second-order valence-corrected chi connectivity index (χ2v) is 7.88. The van der Waals surface area contributed by atoms with Crippen LogP contribution in [0.2, 0.25) is 0 Å². The highest BCUT2D eigenvalue weighted by atomic mass is 16.6. The molecule has 3 aliphatic rings. The quantitative estimate of drug-likeness (QED) is 0.522. The molecular formula is C24H17N2O5-. The number of amides is 1. The van der Waals surface area contributed by atoms with Crippen molar-refractivity contribution in [3.8, 4) is 0 Å². The van der Waals surface area contributed by atoms with Gasteiger partial charge in [0.1, 0.15) is 0 Å². The number of benzene rings is 3. The number of fused-ring (bicyclic) bond motifs is 1. The monoisotopic (exact) mass is 413 g/mol. The minimum Gasteiger partial charge on any atom is -0.550 e. The number of carbonyl (C=O) groups excluding carboxylic acids is 2. The third-order valence-corrected chi connectivity index (χ3v) is 6.34. The molecule has 2 atom stereocenters. The van der Waals surface area contributed by atoms with Gasteiger partial charge in [0.2, 0.25) is 5.91 Å². The smallest absolute Gasteiger partial charge is 0.271 e. The predicted molar refractivity (Wildman–Crippen MR) is 110 cm³/mol. The van der Waals surface area contributed by atoms with Gasteiger partial charge in [-0.05, 0) is 28.3 Å². The lowest BCUT2D eigenvalue weighted by Crippen LogP contribution is -2.52. The van der Waals surface area contributed by atoms with Crippen molar-refractivity contribution in [1.82, 2.24) is 0 Å².